The Labute approximate surface area is 202 Å². The first-order valence-electron chi connectivity index (χ1n) is 12.4. The van der Waals surface area contributed by atoms with Crippen molar-refractivity contribution in [2.45, 2.75) is 45.6 Å². The van der Waals surface area contributed by atoms with Gasteiger partial charge in [0.2, 0.25) is 11.8 Å². The number of benzene rings is 1. The molecule has 2 aliphatic rings. The highest BCUT2D eigenvalue weighted by atomic mass is 16.5. The molecule has 2 fully saturated rings. The fourth-order valence-corrected chi connectivity index (χ4v) is 5.00. The number of nitrogens with zero attached hydrogens (tertiary/aromatic N) is 4. The fourth-order valence-electron chi connectivity index (χ4n) is 5.00. The van der Waals surface area contributed by atoms with Crippen molar-refractivity contribution in [2.24, 2.45) is 5.92 Å². The number of rotatable bonds is 7. The Morgan fingerprint density at radius 2 is 1.76 bits per heavy atom. The second-order valence-electron chi connectivity index (χ2n) is 9.66. The number of amides is 2. The molecular formula is C26H37N5O3. The van der Waals surface area contributed by atoms with E-state index in [1.807, 2.05) is 54.0 Å². The molecule has 3 heterocycles. The van der Waals surface area contributed by atoms with Crippen molar-refractivity contribution >= 4 is 11.8 Å². The van der Waals surface area contributed by atoms with Gasteiger partial charge in [-0.1, -0.05) is 18.2 Å². The Morgan fingerprint density at radius 3 is 2.44 bits per heavy atom. The summed E-state index contributed by atoms with van der Waals surface area (Å²) in [5.74, 6) is 1.09. The number of hydrogen-bond acceptors (Lipinski definition) is 5. The van der Waals surface area contributed by atoms with Crippen molar-refractivity contribution in [1.29, 1.82) is 0 Å². The third-order valence-corrected chi connectivity index (χ3v) is 7.21. The van der Waals surface area contributed by atoms with Gasteiger partial charge >= 0.3 is 0 Å². The summed E-state index contributed by atoms with van der Waals surface area (Å²) in [6.07, 6.45) is 2.18. The van der Waals surface area contributed by atoms with E-state index in [4.69, 9.17) is 4.74 Å². The summed E-state index contributed by atoms with van der Waals surface area (Å²) >= 11 is 0. The van der Waals surface area contributed by atoms with Crippen LogP contribution in [0.4, 0.5) is 0 Å². The smallest absolute Gasteiger partial charge is 0.223 e. The lowest BCUT2D eigenvalue weighted by Crippen LogP contribution is -2.51. The van der Waals surface area contributed by atoms with Crippen LogP contribution in [0.25, 0.3) is 0 Å². The summed E-state index contributed by atoms with van der Waals surface area (Å²) in [6.45, 7) is 8.49. The number of para-hydroxylation sites is 1. The van der Waals surface area contributed by atoms with Gasteiger partial charge in [-0.3, -0.25) is 14.7 Å². The van der Waals surface area contributed by atoms with Crippen LogP contribution >= 0.6 is 0 Å². The zero-order chi connectivity index (χ0) is 24.1. The molecule has 2 aliphatic heterocycles. The van der Waals surface area contributed by atoms with Gasteiger partial charge in [0.05, 0.1) is 5.69 Å². The van der Waals surface area contributed by atoms with Crippen LogP contribution in [0.3, 0.4) is 0 Å². The van der Waals surface area contributed by atoms with E-state index < -0.39 is 0 Å². The van der Waals surface area contributed by atoms with Gasteiger partial charge in [-0.05, 0) is 45.0 Å². The summed E-state index contributed by atoms with van der Waals surface area (Å²) in [5, 5.41) is 7.23. The first-order valence-corrected chi connectivity index (χ1v) is 12.4. The molecule has 0 unspecified atom stereocenters. The topological polar surface area (TPSA) is 81.8 Å². The Hall–Kier alpha value is -2.87. The first-order chi connectivity index (χ1) is 16.4. The van der Waals surface area contributed by atoms with Crippen LogP contribution in [0, 0.1) is 19.8 Å². The van der Waals surface area contributed by atoms with Crippen molar-refractivity contribution in [3.8, 4) is 5.75 Å². The van der Waals surface area contributed by atoms with Crippen molar-refractivity contribution in [3.05, 3.63) is 47.3 Å². The number of piperazine rings is 1. The largest absolute Gasteiger partial charge is 0.490 e. The minimum atomic E-state index is -0.0822. The van der Waals surface area contributed by atoms with Gasteiger partial charge in [-0.2, -0.15) is 5.10 Å². The van der Waals surface area contributed by atoms with Gasteiger partial charge < -0.3 is 19.4 Å². The Kier molecular flexibility index (Phi) is 7.88. The number of aryl methyl sites for hydroxylation is 2. The van der Waals surface area contributed by atoms with E-state index >= 15 is 0 Å². The minimum absolute atomic E-state index is 0.0255. The SMILES string of the molecule is Cc1n[nH]c(C)c1CCC(=O)N1CC[C@H](Oc2ccccc2)[C@@H](CC(=O)N2CCN(C)CC2)C1. The van der Waals surface area contributed by atoms with Crippen molar-refractivity contribution in [3.63, 3.8) is 0 Å². The van der Waals surface area contributed by atoms with Crippen LogP contribution in [0.5, 0.6) is 5.75 Å². The second kappa shape index (κ2) is 11.0. The van der Waals surface area contributed by atoms with Crippen molar-refractivity contribution in [2.75, 3.05) is 46.3 Å². The van der Waals surface area contributed by atoms with Crippen LogP contribution in [0.2, 0.25) is 0 Å². The van der Waals surface area contributed by atoms with Gasteiger partial charge in [0, 0.05) is 70.1 Å². The van der Waals surface area contributed by atoms with Crippen LogP contribution in [0.15, 0.2) is 30.3 Å². The Morgan fingerprint density at radius 1 is 1.03 bits per heavy atom. The van der Waals surface area contributed by atoms with Crippen LogP contribution in [-0.2, 0) is 16.0 Å². The maximum atomic E-state index is 13.1. The number of likely N-dealkylation sites (N-methyl/N-ethyl adjacent to an activating group) is 1. The summed E-state index contributed by atoms with van der Waals surface area (Å²) in [5.41, 5.74) is 3.10. The monoisotopic (exact) mass is 467 g/mol. The predicted octanol–water partition coefficient (Wildman–Crippen LogP) is 2.42. The third-order valence-electron chi connectivity index (χ3n) is 7.21. The lowest BCUT2D eigenvalue weighted by Gasteiger charge is -2.40. The molecular weight excluding hydrogens is 430 g/mol. The molecule has 8 nitrogen and oxygen atoms in total. The molecule has 1 N–H and O–H groups in total. The number of hydrogen-bond donors (Lipinski definition) is 1. The van der Waals surface area contributed by atoms with Crippen LogP contribution in [0.1, 0.15) is 36.2 Å². The van der Waals surface area contributed by atoms with Gasteiger partial charge in [0.1, 0.15) is 11.9 Å². The van der Waals surface area contributed by atoms with Gasteiger partial charge in [-0.15, -0.1) is 0 Å². The molecule has 0 bridgehead atoms. The highest BCUT2D eigenvalue weighted by Crippen LogP contribution is 2.27. The summed E-state index contributed by atoms with van der Waals surface area (Å²) in [4.78, 5) is 32.4. The number of piperidine rings is 1. The van der Waals surface area contributed by atoms with Crippen molar-refractivity contribution < 1.29 is 14.3 Å². The van der Waals surface area contributed by atoms with Crippen LogP contribution in [-0.4, -0.2) is 89.1 Å². The highest BCUT2D eigenvalue weighted by Gasteiger charge is 2.35. The van der Waals surface area contributed by atoms with Gasteiger partial charge in [-0.25, -0.2) is 0 Å². The lowest BCUT2D eigenvalue weighted by atomic mass is 9.90. The third kappa shape index (κ3) is 5.97. The Balaban J connectivity index is 1.40. The normalized spacial score (nSPS) is 21.5. The van der Waals surface area contributed by atoms with E-state index in [2.05, 4.69) is 22.1 Å². The average molecular weight is 468 g/mol. The summed E-state index contributed by atoms with van der Waals surface area (Å²) in [6, 6.07) is 9.78. The summed E-state index contributed by atoms with van der Waals surface area (Å²) < 4.78 is 6.32. The quantitative estimate of drug-likeness (QED) is 0.676. The number of aromatic amines is 1. The molecule has 2 atom stereocenters. The van der Waals surface area contributed by atoms with Crippen molar-refractivity contribution in [1.82, 2.24) is 24.9 Å². The number of likely N-dealkylation sites (tertiary alicyclic amines) is 1. The molecule has 8 heteroatoms. The van der Waals surface area contributed by atoms with E-state index in [1.54, 1.807) is 0 Å². The molecule has 2 amide bonds. The summed E-state index contributed by atoms with van der Waals surface area (Å²) in [7, 11) is 2.09. The minimum Gasteiger partial charge on any atom is -0.490 e. The van der Waals surface area contributed by atoms with Gasteiger partial charge in [0.15, 0.2) is 0 Å². The maximum absolute atomic E-state index is 13.1. The molecule has 0 spiro atoms. The maximum Gasteiger partial charge on any atom is 0.223 e. The zero-order valence-corrected chi connectivity index (χ0v) is 20.6. The molecule has 34 heavy (non-hydrogen) atoms. The molecule has 2 aromatic rings. The number of nitrogens with one attached hydrogen (secondary N) is 1. The van der Waals surface area contributed by atoms with Gasteiger partial charge in [0.25, 0.3) is 0 Å². The molecule has 0 saturated carbocycles. The van der Waals surface area contributed by atoms with Crippen LogP contribution < -0.4 is 4.74 Å². The highest BCUT2D eigenvalue weighted by molar-refractivity contribution is 5.78. The zero-order valence-electron chi connectivity index (χ0n) is 20.6. The second-order valence-corrected chi connectivity index (χ2v) is 9.66. The number of carbonyl (C=O) groups is 2. The molecule has 1 aromatic carbocycles. The van der Waals surface area contributed by atoms with E-state index in [-0.39, 0.29) is 23.8 Å². The number of aromatic nitrogens is 2. The predicted molar refractivity (Wildman–Crippen MR) is 131 cm³/mol. The van der Waals surface area contributed by atoms with E-state index in [9.17, 15) is 9.59 Å². The van der Waals surface area contributed by atoms with E-state index in [0.29, 0.717) is 32.4 Å². The first kappa shape index (κ1) is 24.3. The molecule has 0 aliphatic carbocycles. The number of H-pyrrole nitrogens is 1. The van der Waals surface area contributed by atoms with E-state index in [1.165, 1.54) is 0 Å². The standard InChI is InChI=1S/C26H37N5O3/c1-19-23(20(2)28-27-19)9-10-25(32)31-12-11-24(34-22-7-5-4-6-8-22)21(18-31)17-26(33)30-15-13-29(3)14-16-30/h4-8,21,24H,9-18H2,1-3H3,(H,27,28)/t21-,24-/m0/s1. The molecule has 0 radical (unpaired) electrons. The van der Waals surface area contributed by atoms with E-state index in [0.717, 1.165) is 55.3 Å². The molecule has 1 aromatic heterocycles. The Bertz CT molecular complexity index is 949. The molecule has 2 saturated heterocycles. The number of carbonyl (C=O) groups excluding carboxylic acids is 2. The molecule has 184 valence electrons. The number of ether oxygens (including phenoxy) is 1. The average Bonchev–Trinajstić information content (AvgIpc) is 3.16. The fraction of sp³-hybridized carbons (Fsp3) is 0.577. The molecule has 4 rings (SSSR count). The lowest BCUT2D eigenvalue weighted by molar-refractivity contribution is -0.140.